The Morgan fingerprint density at radius 1 is 1.44 bits per heavy atom. The molecule has 2 heterocycles. The summed E-state index contributed by atoms with van der Waals surface area (Å²) in [6.45, 7) is 5.41. The predicted octanol–water partition coefficient (Wildman–Crippen LogP) is 2.57. The Hall–Kier alpha value is -1.09. The van der Waals surface area contributed by atoms with Gasteiger partial charge in [-0.2, -0.15) is 0 Å². The second kappa shape index (κ2) is 5.27. The van der Waals surface area contributed by atoms with Crippen LogP contribution >= 0.6 is 0 Å². The molecule has 2 aliphatic rings. The van der Waals surface area contributed by atoms with Crippen LogP contribution in [0, 0.1) is 5.92 Å². The van der Waals surface area contributed by atoms with Gasteiger partial charge in [-0.3, -0.25) is 4.98 Å². The molecular weight excluding hydrogens is 222 g/mol. The lowest BCUT2D eigenvalue weighted by Gasteiger charge is -2.29. The Morgan fingerprint density at radius 2 is 2.39 bits per heavy atom. The zero-order chi connectivity index (χ0) is 12.4. The third kappa shape index (κ3) is 2.37. The van der Waals surface area contributed by atoms with E-state index in [0.717, 1.165) is 25.0 Å². The first-order valence-electron chi connectivity index (χ1n) is 7.29. The predicted molar refractivity (Wildman–Crippen MR) is 74.7 cm³/mol. The minimum absolute atomic E-state index is 0.800. The summed E-state index contributed by atoms with van der Waals surface area (Å²) >= 11 is 0. The van der Waals surface area contributed by atoms with Crippen molar-refractivity contribution in [2.45, 2.75) is 45.2 Å². The van der Waals surface area contributed by atoms with Crippen LogP contribution in [0.4, 0.5) is 5.69 Å². The standard InChI is InChI=1S/C15H23N3/c1-2-6-16-10-13-9-15(5-7-17-13)18-11-12-3-4-14(18)8-12/h5,7,9,12,14,16H,2-4,6,8,10-11H2,1H3. The van der Waals surface area contributed by atoms with Crippen LogP contribution in [-0.2, 0) is 6.54 Å². The Balaban J connectivity index is 1.67. The second-order valence-corrected chi connectivity index (χ2v) is 5.67. The highest BCUT2D eigenvalue weighted by Crippen LogP contribution is 2.40. The van der Waals surface area contributed by atoms with Gasteiger partial charge in [-0.15, -0.1) is 0 Å². The highest BCUT2D eigenvalue weighted by molar-refractivity contribution is 5.49. The minimum atomic E-state index is 0.800. The van der Waals surface area contributed by atoms with Gasteiger partial charge in [0.1, 0.15) is 0 Å². The van der Waals surface area contributed by atoms with Gasteiger partial charge in [-0.05, 0) is 50.3 Å². The average Bonchev–Trinajstić information content (AvgIpc) is 3.02. The van der Waals surface area contributed by atoms with Gasteiger partial charge in [-0.1, -0.05) is 6.92 Å². The van der Waals surface area contributed by atoms with Gasteiger partial charge in [0, 0.05) is 31.0 Å². The summed E-state index contributed by atoms with van der Waals surface area (Å²) in [4.78, 5) is 7.05. The topological polar surface area (TPSA) is 28.2 Å². The summed E-state index contributed by atoms with van der Waals surface area (Å²) in [5.74, 6) is 0.949. The first-order valence-corrected chi connectivity index (χ1v) is 7.29. The van der Waals surface area contributed by atoms with Gasteiger partial charge in [0.05, 0.1) is 5.69 Å². The normalized spacial score (nSPS) is 25.9. The fraction of sp³-hybridized carbons (Fsp3) is 0.667. The summed E-state index contributed by atoms with van der Waals surface area (Å²) in [6, 6.07) is 5.24. The van der Waals surface area contributed by atoms with E-state index in [1.807, 2.05) is 6.20 Å². The zero-order valence-electron chi connectivity index (χ0n) is 11.2. The number of aromatic nitrogens is 1. The van der Waals surface area contributed by atoms with Gasteiger partial charge in [-0.25, -0.2) is 0 Å². The molecule has 1 saturated carbocycles. The number of rotatable bonds is 5. The average molecular weight is 245 g/mol. The molecule has 0 amide bonds. The first-order chi connectivity index (χ1) is 8.86. The lowest BCUT2D eigenvalue weighted by molar-refractivity contribution is 0.553. The Morgan fingerprint density at radius 3 is 3.11 bits per heavy atom. The molecule has 2 bridgehead atoms. The van der Waals surface area contributed by atoms with E-state index in [0.29, 0.717) is 0 Å². The van der Waals surface area contributed by atoms with Gasteiger partial charge >= 0.3 is 0 Å². The first kappa shape index (κ1) is 12.0. The van der Waals surface area contributed by atoms with E-state index in [2.05, 4.69) is 34.3 Å². The number of hydrogen-bond donors (Lipinski definition) is 1. The molecule has 1 N–H and O–H groups in total. The molecule has 18 heavy (non-hydrogen) atoms. The lowest BCUT2D eigenvalue weighted by Crippen LogP contribution is -2.32. The largest absolute Gasteiger partial charge is 0.368 e. The zero-order valence-corrected chi connectivity index (χ0v) is 11.2. The Kier molecular flexibility index (Phi) is 3.50. The summed E-state index contributed by atoms with van der Waals surface area (Å²) in [5.41, 5.74) is 2.55. The van der Waals surface area contributed by atoms with Crippen molar-refractivity contribution in [1.29, 1.82) is 0 Å². The fourth-order valence-corrected chi connectivity index (χ4v) is 3.37. The number of anilines is 1. The van der Waals surface area contributed by atoms with Gasteiger partial charge < -0.3 is 10.2 Å². The quantitative estimate of drug-likeness (QED) is 0.808. The van der Waals surface area contributed by atoms with Crippen LogP contribution in [0.1, 0.15) is 38.3 Å². The molecule has 3 nitrogen and oxygen atoms in total. The Bertz CT molecular complexity index is 404. The SMILES string of the molecule is CCCNCc1cc(N2CC3CCC2C3)ccn1. The van der Waals surface area contributed by atoms with Crippen LogP contribution in [0.5, 0.6) is 0 Å². The van der Waals surface area contributed by atoms with Crippen LogP contribution in [0.15, 0.2) is 18.3 Å². The maximum atomic E-state index is 4.46. The van der Waals surface area contributed by atoms with E-state index >= 15 is 0 Å². The van der Waals surface area contributed by atoms with E-state index in [4.69, 9.17) is 0 Å². The lowest BCUT2D eigenvalue weighted by atomic mass is 10.1. The fourth-order valence-electron chi connectivity index (χ4n) is 3.37. The van der Waals surface area contributed by atoms with E-state index in [1.165, 1.54) is 43.6 Å². The molecule has 1 aliphatic carbocycles. The maximum Gasteiger partial charge on any atom is 0.0562 e. The van der Waals surface area contributed by atoms with Crippen LogP contribution in [0.2, 0.25) is 0 Å². The molecule has 0 spiro atoms. The monoisotopic (exact) mass is 245 g/mol. The van der Waals surface area contributed by atoms with Crippen molar-refractivity contribution >= 4 is 5.69 Å². The van der Waals surface area contributed by atoms with E-state index < -0.39 is 0 Å². The molecule has 2 atom stereocenters. The summed E-state index contributed by atoms with van der Waals surface area (Å²) in [7, 11) is 0. The van der Waals surface area contributed by atoms with Crippen molar-refractivity contribution in [2.24, 2.45) is 5.92 Å². The van der Waals surface area contributed by atoms with E-state index in [-0.39, 0.29) is 0 Å². The van der Waals surface area contributed by atoms with Crippen molar-refractivity contribution in [3.63, 3.8) is 0 Å². The third-order valence-electron chi connectivity index (χ3n) is 4.27. The third-order valence-corrected chi connectivity index (χ3v) is 4.27. The molecule has 2 fully saturated rings. The molecule has 1 aromatic rings. The molecule has 1 aliphatic heterocycles. The highest BCUT2D eigenvalue weighted by Gasteiger charge is 2.37. The minimum Gasteiger partial charge on any atom is -0.368 e. The molecule has 1 saturated heterocycles. The number of fused-ring (bicyclic) bond motifs is 2. The van der Waals surface area contributed by atoms with Crippen LogP contribution < -0.4 is 10.2 Å². The summed E-state index contributed by atoms with van der Waals surface area (Å²) < 4.78 is 0. The number of hydrogen-bond acceptors (Lipinski definition) is 3. The molecule has 3 rings (SSSR count). The Labute approximate surface area is 110 Å². The molecule has 2 unspecified atom stereocenters. The van der Waals surface area contributed by atoms with Crippen LogP contribution in [-0.4, -0.2) is 24.1 Å². The summed E-state index contributed by atoms with van der Waals surface area (Å²) in [6.07, 6.45) is 7.37. The highest BCUT2D eigenvalue weighted by atomic mass is 15.2. The smallest absolute Gasteiger partial charge is 0.0562 e. The van der Waals surface area contributed by atoms with Crippen molar-refractivity contribution < 1.29 is 0 Å². The number of pyridine rings is 1. The molecular formula is C15H23N3. The van der Waals surface area contributed by atoms with E-state index in [1.54, 1.807) is 0 Å². The number of piperidine rings is 1. The molecule has 0 radical (unpaired) electrons. The number of nitrogens with zero attached hydrogens (tertiary/aromatic N) is 2. The maximum absolute atomic E-state index is 4.46. The van der Waals surface area contributed by atoms with Crippen LogP contribution in [0.3, 0.4) is 0 Å². The van der Waals surface area contributed by atoms with Crippen molar-refractivity contribution in [1.82, 2.24) is 10.3 Å². The van der Waals surface area contributed by atoms with E-state index in [9.17, 15) is 0 Å². The van der Waals surface area contributed by atoms with Crippen LogP contribution in [0.25, 0.3) is 0 Å². The molecule has 0 aromatic carbocycles. The molecule has 98 valence electrons. The van der Waals surface area contributed by atoms with Crippen molar-refractivity contribution in [3.05, 3.63) is 24.0 Å². The molecule has 1 aromatic heterocycles. The van der Waals surface area contributed by atoms with Gasteiger partial charge in [0.25, 0.3) is 0 Å². The summed E-state index contributed by atoms with van der Waals surface area (Å²) in [5, 5.41) is 3.42. The van der Waals surface area contributed by atoms with Gasteiger partial charge in [0.2, 0.25) is 0 Å². The van der Waals surface area contributed by atoms with Crippen molar-refractivity contribution in [3.8, 4) is 0 Å². The second-order valence-electron chi connectivity index (χ2n) is 5.67. The number of nitrogens with one attached hydrogen (secondary N) is 1. The van der Waals surface area contributed by atoms with Crippen molar-refractivity contribution in [2.75, 3.05) is 18.0 Å². The molecule has 3 heteroatoms. The van der Waals surface area contributed by atoms with Gasteiger partial charge in [0.15, 0.2) is 0 Å².